The molecule has 32 heavy (non-hydrogen) atoms. The van der Waals surface area contributed by atoms with E-state index in [0.29, 0.717) is 18.4 Å². The minimum absolute atomic E-state index is 0.0476. The quantitative estimate of drug-likeness (QED) is 0.449. The first kappa shape index (κ1) is 24.3. The number of ether oxygens (including phenoxy) is 1. The number of likely N-dealkylation sites (N-methyl/N-ethyl adjacent to an activating group) is 1. The Balaban J connectivity index is 1.62. The Labute approximate surface area is 198 Å². The van der Waals surface area contributed by atoms with Gasteiger partial charge in [0, 0.05) is 30.5 Å². The van der Waals surface area contributed by atoms with E-state index in [4.69, 9.17) is 4.74 Å². The van der Waals surface area contributed by atoms with Gasteiger partial charge in [-0.1, -0.05) is 6.42 Å². The molecule has 1 fully saturated rings. The molecule has 1 aliphatic rings. The second-order valence-corrected chi connectivity index (χ2v) is 9.50. The predicted molar refractivity (Wildman–Crippen MR) is 132 cm³/mol. The highest BCUT2D eigenvalue weighted by Gasteiger charge is 2.33. The van der Waals surface area contributed by atoms with Crippen molar-refractivity contribution >= 4 is 39.3 Å². The number of nitrogens with one attached hydrogen (secondary N) is 3. The Morgan fingerprint density at radius 2 is 2.00 bits per heavy atom. The molecule has 1 aromatic carbocycles. The van der Waals surface area contributed by atoms with Crippen LogP contribution < -0.4 is 20.7 Å². The molecule has 0 spiro atoms. The number of nitrogens with zero attached hydrogens (tertiary/aromatic N) is 3. The van der Waals surface area contributed by atoms with E-state index in [1.165, 1.54) is 0 Å². The zero-order chi connectivity index (χ0) is 23.1. The van der Waals surface area contributed by atoms with E-state index in [0.717, 1.165) is 41.7 Å². The topological polar surface area (TPSA) is 91.4 Å². The molecule has 1 heterocycles. The zero-order valence-corrected chi connectivity index (χ0v) is 20.8. The molecular weight excluding hydrogens is 472 g/mol. The van der Waals surface area contributed by atoms with Crippen molar-refractivity contribution in [1.29, 1.82) is 0 Å². The summed E-state index contributed by atoms with van der Waals surface area (Å²) in [6.07, 6.45) is 4.55. The maximum atomic E-state index is 12.6. The van der Waals surface area contributed by atoms with Crippen LogP contribution in [0.5, 0.6) is 5.75 Å². The van der Waals surface area contributed by atoms with Crippen LogP contribution in [0.4, 0.5) is 17.5 Å². The van der Waals surface area contributed by atoms with E-state index in [1.54, 1.807) is 6.20 Å². The minimum atomic E-state index is -0.0595. The fourth-order valence-electron chi connectivity index (χ4n) is 3.65. The fraction of sp³-hybridized carbons (Fsp3) is 0.522. The number of hydrogen-bond acceptors (Lipinski definition) is 7. The molecule has 0 unspecified atom stereocenters. The maximum absolute atomic E-state index is 12.6. The van der Waals surface area contributed by atoms with Crippen LogP contribution in [0, 0.1) is 5.92 Å². The van der Waals surface area contributed by atoms with E-state index >= 15 is 0 Å². The molecular formula is C23H33BrN6O2. The summed E-state index contributed by atoms with van der Waals surface area (Å²) in [7, 11) is 4.04. The van der Waals surface area contributed by atoms with Gasteiger partial charge in [0.2, 0.25) is 11.9 Å². The van der Waals surface area contributed by atoms with Crippen molar-refractivity contribution in [2.75, 3.05) is 37.9 Å². The molecule has 0 saturated heterocycles. The maximum Gasteiger partial charge on any atom is 0.229 e. The Kier molecular flexibility index (Phi) is 8.69. The number of amides is 1. The Hall–Kier alpha value is -2.39. The van der Waals surface area contributed by atoms with Crippen LogP contribution in [0.3, 0.4) is 0 Å². The normalized spacial score (nSPS) is 18.1. The van der Waals surface area contributed by atoms with Crippen molar-refractivity contribution in [1.82, 2.24) is 20.2 Å². The fourth-order valence-corrected chi connectivity index (χ4v) is 3.96. The van der Waals surface area contributed by atoms with Crippen molar-refractivity contribution in [3.05, 3.63) is 34.9 Å². The summed E-state index contributed by atoms with van der Waals surface area (Å²) in [6.45, 7) is 5.47. The predicted octanol–water partition coefficient (Wildman–Crippen LogP) is 4.03. The molecule has 2 aromatic rings. The van der Waals surface area contributed by atoms with Crippen molar-refractivity contribution in [2.45, 2.75) is 45.2 Å². The summed E-state index contributed by atoms with van der Waals surface area (Å²) in [5.74, 6) is 2.03. The lowest BCUT2D eigenvalue weighted by atomic mass is 10.0. The van der Waals surface area contributed by atoms with Crippen LogP contribution in [0.1, 0.15) is 33.1 Å². The highest BCUT2D eigenvalue weighted by atomic mass is 79.9. The first-order valence-electron chi connectivity index (χ1n) is 11.1. The summed E-state index contributed by atoms with van der Waals surface area (Å²) in [5.41, 5.74) is 0.869. The van der Waals surface area contributed by atoms with Gasteiger partial charge in [0.25, 0.3) is 0 Å². The molecule has 0 bridgehead atoms. The summed E-state index contributed by atoms with van der Waals surface area (Å²) in [5, 5.41) is 9.72. The molecule has 0 aliphatic heterocycles. The van der Waals surface area contributed by atoms with Gasteiger partial charge >= 0.3 is 0 Å². The Bertz CT molecular complexity index is 891. The third kappa shape index (κ3) is 7.06. The van der Waals surface area contributed by atoms with E-state index in [9.17, 15) is 4.79 Å². The van der Waals surface area contributed by atoms with Crippen LogP contribution in [0.2, 0.25) is 0 Å². The zero-order valence-electron chi connectivity index (χ0n) is 19.2. The van der Waals surface area contributed by atoms with Gasteiger partial charge in [-0.25, -0.2) is 4.98 Å². The SMILES string of the molecule is CC(C)NC(=O)[C@H]1CCC[C@@H]1Nc1nc(Nc2ccc(OCCN(C)C)cc2)ncc1Br. The molecule has 1 saturated carbocycles. The summed E-state index contributed by atoms with van der Waals surface area (Å²) in [6, 6.07) is 7.90. The molecule has 1 aromatic heterocycles. The van der Waals surface area contributed by atoms with Crippen LogP contribution in [-0.2, 0) is 4.79 Å². The van der Waals surface area contributed by atoms with Crippen LogP contribution in [0.15, 0.2) is 34.9 Å². The lowest BCUT2D eigenvalue weighted by Gasteiger charge is -2.22. The average Bonchev–Trinajstić information content (AvgIpc) is 3.19. The van der Waals surface area contributed by atoms with E-state index < -0.39 is 0 Å². The lowest BCUT2D eigenvalue weighted by Crippen LogP contribution is -2.41. The van der Waals surface area contributed by atoms with Crippen molar-refractivity contribution in [3.63, 3.8) is 0 Å². The van der Waals surface area contributed by atoms with Crippen molar-refractivity contribution in [3.8, 4) is 5.75 Å². The second-order valence-electron chi connectivity index (χ2n) is 8.64. The molecule has 3 rings (SSSR count). The third-order valence-electron chi connectivity index (χ3n) is 5.27. The Morgan fingerprint density at radius 3 is 2.69 bits per heavy atom. The van der Waals surface area contributed by atoms with Gasteiger partial charge in [-0.2, -0.15) is 4.98 Å². The van der Waals surface area contributed by atoms with Crippen LogP contribution in [-0.4, -0.2) is 60.1 Å². The van der Waals surface area contributed by atoms with Gasteiger partial charge < -0.3 is 25.6 Å². The highest BCUT2D eigenvalue weighted by molar-refractivity contribution is 9.10. The first-order chi connectivity index (χ1) is 15.3. The van der Waals surface area contributed by atoms with Gasteiger partial charge in [0.15, 0.2) is 0 Å². The first-order valence-corrected chi connectivity index (χ1v) is 11.8. The van der Waals surface area contributed by atoms with Crippen LogP contribution >= 0.6 is 15.9 Å². The number of anilines is 3. The number of hydrogen-bond donors (Lipinski definition) is 3. The van der Waals surface area contributed by atoms with Gasteiger partial charge in [-0.3, -0.25) is 4.79 Å². The molecule has 174 valence electrons. The molecule has 1 aliphatic carbocycles. The molecule has 8 nitrogen and oxygen atoms in total. The number of carbonyl (C=O) groups excluding carboxylic acids is 1. The van der Waals surface area contributed by atoms with Gasteiger partial charge in [-0.15, -0.1) is 0 Å². The monoisotopic (exact) mass is 504 g/mol. The average molecular weight is 505 g/mol. The summed E-state index contributed by atoms with van der Waals surface area (Å²) >= 11 is 3.53. The number of carbonyl (C=O) groups is 1. The lowest BCUT2D eigenvalue weighted by molar-refractivity contribution is -0.125. The third-order valence-corrected chi connectivity index (χ3v) is 5.85. The standard InChI is InChI=1S/C23H33BrN6O2/c1-15(2)26-22(31)18-6-5-7-20(18)28-21-19(24)14-25-23(29-21)27-16-8-10-17(11-9-16)32-13-12-30(3)4/h8-11,14-15,18,20H,5-7,12-13H2,1-4H3,(H,26,31)(H2,25,27,28,29)/t18-,20-/m0/s1. The molecule has 1 amide bonds. The number of aromatic nitrogens is 2. The number of rotatable bonds is 10. The highest BCUT2D eigenvalue weighted by Crippen LogP contribution is 2.31. The van der Waals surface area contributed by atoms with E-state index in [1.807, 2.05) is 52.2 Å². The number of benzene rings is 1. The molecule has 9 heteroatoms. The minimum Gasteiger partial charge on any atom is -0.492 e. The van der Waals surface area contributed by atoms with Crippen LogP contribution in [0.25, 0.3) is 0 Å². The van der Waals surface area contributed by atoms with Crippen molar-refractivity contribution < 1.29 is 9.53 Å². The second kappa shape index (κ2) is 11.5. The molecule has 3 N–H and O–H groups in total. The Morgan fingerprint density at radius 1 is 1.25 bits per heavy atom. The van der Waals surface area contributed by atoms with Crippen molar-refractivity contribution in [2.24, 2.45) is 5.92 Å². The number of halogens is 1. The largest absolute Gasteiger partial charge is 0.492 e. The van der Waals surface area contributed by atoms with E-state index in [2.05, 4.69) is 46.7 Å². The summed E-state index contributed by atoms with van der Waals surface area (Å²) in [4.78, 5) is 23.6. The van der Waals surface area contributed by atoms with Gasteiger partial charge in [0.1, 0.15) is 18.2 Å². The van der Waals surface area contributed by atoms with Gasteiger partial charge in [-0.05, 0) is 81.0 Å². The smallest absolute Gasteiger partial charge is 0.229 e. The molecule has 2 atom stereocenters. The summed E-state index contributed by atoms with van der Waals surface area (Å²) < 4.78 is 6.50. The molecule has 0 radical (unpaired) electrons. The van der Waals surface area contributed by atoms with E-state index in [-0.39, 0.29) is 23.9 Å². The van der Waals surface area contributed by atoms with Gasteiger partial charge in [0.05, 0.1) is 10.4 Å².